The summed E-state index contributed by atoms with van der Waals surface area (Å²) in [6.07, 6.45) is 4.98. The van der Waals surface area contributed by atoms with Crippen molar-refractivity contribution in [2.45, 2.75) is 88.9 Å². The van der Waals surface area contributed by atoms with Crippen LogP contribution in [0.4, 0.5) is 5.69 Å². The molecule has 4 aliphatic carbocycles. The highest BCUT2D eigenvalue weighted by molar-refractivity contribution is 9.09. The first-order valence-electron chi connectivity index (χ1n) is 19.6. The van der Waals surface area contributed by atoms with E-state index >= 15 is 0 Å². The van der Waals surface area contributed by atoms with Gasteiger partial charge in [0.15, 0.2) is 23.5 Å². The van der Waals surface area contributed by atoms with E-state index in [1.807, 2.05) is 19.1 Å². The van der Waals surface area contributed by atoms with Crippen molar-refractivity contribution in [2.75, 3.05) is 23.8 Å². The number of amides is 3. The van der Waals surface area contributed by atoms with Crippen molar-refractivity contribution in [1.82, 2.24) is 10.6 Å². The van der Waals surface area contributed by atoms with Crippen molar-refractivity contribution in [2.24, 2.45) is 28.6 Å². The Morgan fingerprint density at radius 1 is 1.12 bits per heavy atom. The summed E-state index contributed by atoms with van der Waals surface area (Å²) in [5.41, 5.74) is 0.253. The van der Waals surface area contributed by atoms with E-state index in [0.29, 0.717) is 34.2 Å². The van der Waals surface area contributed by atoms with Gasteiger partial charge in [-0.2, -0.15) is 0 Å². The lowest BCUT2D eigenvalue weighted by Gasteiger charge is -2.59. The standard InChI is InChI=1S/C42H47BrClN3O11S/c1-40-12-11-25(49)15-23(40)5-8-26-27-16-32-42(31(51)20-48,41(27,2)17-29(50)36(26)40)58-39(57-32)30-14-22(37(44)59-30)13-21-3-6-24(7-4-21)46-38(56)28(9-10-35(54)55)47-34(53)19-45-33(52)18-43/h3-4,6-7,11-12,14-15,26-29,32,36,39,48,50H,5,8-10,13,16-20H2,1-2H3,(H,45,52)(H,46,56)(H,47,53)(H,54,55)/t26-,27-,28-,29-,32+,36+,39+,40-,41-,42+/m0/s1. The fourth-order valence-corrected chi connectivity index (χ4v) is 12.1. The fraction of sp³-hybridized carbons (Fsp3) is 0.524. The number of hydrogen-bond donors (Lipinski definition) is 6. The quantitative estimate of drug-likeness (QED) is 0.146. The molecular formula is C42H47BrClN3O11S. The summed E-state index contributed by atoms with van der Waals surface area (Å²) in [6, 6.07) is 7.64. The Hall–Kier alpha value is -3.77. The van der Waals surface area contributed by atoms with Gasteiger partial charge in [0.1, 0.15) is 12.6 Å². The van der Waals surface area contributed by atoms with Gasteiger partial charge in [0.2, 0.25) is 17.7 Å². The van der Waals surface area contributed by atoms with Crippen LogP contribution in [0.3, 0.4) is 0 Å². The molecule has 2 aromatic rings. The van der Waals surface area contributed by atoms with Gasteiger partial charge in [-0.05, 0) is 91.8 Å². The fourth-order valence-electron chi connectivity index (χ4n) is 10.6. The van der Waals surface area contributed by atoms with E-state index in [-0.39, 0.29) is 54.7 Å². The third-order valence-electron chi connectivity index (χ3n) is 13.3. The molecule has 59 heavy (non-hydrogen) atoms. The average molecular weight is 917 g/mol. The molecule has 0 unspecified atom stereocenters. The SMILES string of the molecule is C[C@]12C=CC(=O)C=C1CC[C@@H]1[C@@H]2[C@@H](O)C[C@@]2(C)[C@H]1C[C@H]1O[C@@H](c3cc(Cc4ccc(NC(=O)[C@H](CCC(=O)O)NC(=O)CNC(=O)CBr)cc4)c(Cl)s3)O[C@]12C(=O)CO. The molecule has 5 aliphatic rings. The maximum atomic E-state index is 14.0. The number of aliphatic hydroxyl groups is 2. The highest BCUT2D eigenvalue weighted by atomic mass is 79.9. The van der Waals surface area contributed by atoms with Crippen molar-refractivity contribution in [3.05, 3.63) is 74.5 Å². The Morgan fingerprint density at radius 2 is 1.86 bits per heavy atom. The lowest BCUT2D eigenvalue weighted by molar-refractivity contribution is -0.200. The minimum absolute atomic E-state index is 0.00558. The van der Waals surface area contributed by atoms with Crippen LogP contribution in [0.15, 0.2) is 54.1 Å². The molecule has 0 radical (unpaired) electrons. The number of ketones is 2. The first-order chi connectivity index (χ1) is 28.0. The number of aliphatic carboxylic acids is 1. The maximum absolute atomic E-state index is 14.0. The molecule has 7 rings (SSSR count). The van der Waals surface area contributed by atoms with Gasteiger partial charge in [0, 0.05) is 28.9 Å². The van der Waals surface area contributed by atoms with Crippen LogP contribution in [0.1, 0.15) is 74.7 Å². The molecule has 4 fully saturated rings. The predicted octanol–water partition coefficient (Wildman–Crippen LogP) is 4.39. The zero-order valence-electron chi connectivity index (χ0n) is 32.5. The number of Topliss-reactive ketones (excluding diaryl/α,β-unsaturated/α-hetero) is 1. The average Bonchev–Trinajstić information content (AvgIpc) is 3.84. The number of benzene rings is 1. The number of thiophene rings is 1. The van der Waals surface area contributed by atoms with E-state index < -0.39 is 77.1 Å². The number of carbonyl (C=O) groups is 6. The second-order valence-electron chi connectivity index (χ2n) is 16.6. The first-order valence-corrected chi connectivity index (χ1v) is 22.0. The van der Waals surface area contributed by atoms with Gasteiger partial charge >= 0.3 is 5.97 Å². The Labute approximate surface area is 358 Å². The lowest BCUT2D eigenvalue weighted by atomic mass is 9.46. The molecule has 10 atom stereocenters. The number of carbonyl (C=O) groups excluding carboxylic acids is 5. The Bertz CT molecular complexity index is 2110. The maximum Gasteiger partial charge on any atom is 0.303 e. The Morgan fingerprint density at radius 3 is 2.56 bits per heavy atom. The van der Waals surface area contributed by atoms with Crippen molar-refractivity contribution >= 4 is 79.8 Å². The summed E-state index contributed by atoms with van der Waals surface area (Å²) in [6.45, 7) is 2.96. The summed E-state index contributed by atoms with van der Waals surface area (Å²) in [4.78, 5) is 75.0. The molecule has 14 nitrogen and oxygen atoms in total. The summed E-state index contributed by atoms with van der Waals surface area (Å²) >= 11 is 11.0. The third-order valence-corrected chi connectivity index (χ3v) is 15.3. The molecule has 2 heterocycles. The highest BCUT2D eigenvalue weighted by Gasteiger charge is 2.76. The van der Waals surface area contributed by atoms with Gasteiger partial charge < -0.3 is 40.7 Å². The summed E-state index contributed by atoms with van der Waals surface area (Å²) < 4.78 is 13.9. The van der Waals surface area contributed by atoms with Gasteiger partial charge in [0.05, 0.1) is 33.3 Å². The van der Waals surface area contributed by atoms with Crippen LogP contribution in [0.2, 0.25) is 4.34 Å². The molecule has 0 bridgehead atoms. The molecular weight excluding hydrogens is 870 g/mol. The van der Waals surface area contributed by atoms with E-state index in [9.17, 15) is 39.0 Å². The van der Waals surface area contributed by atoms with Crippen molar-refractivity contribution in [1.29, 1.82) is 0 Å². The zero-order valence-corrected chi connectivity index (χ0v) is 35.7. The number of rotatable bonds is 14. The van der Waals surface area contributed by atoms with E-state index in [2.05, 4.69) is 38.8 Å². The number of aliphatic hydroxyl groups excluding tert-OH is 2. The van der Waals surface area contributed by atoms with Gasteiger partial charge in [-0.3, -0.25) is 28.8 Å². The molecule has 3 saturated carbocycles. The number of nitrogens with one attached hydrogen (secondary N) is 3. The number of carboxylic acids is 1. The normalized spacial score (nSPS) is 32.2. The van der Waals surface area contributed by atoms with Crippen LogP contribution < -0.4 is 16.0 Å². The number of halogens is 2. The van der Waals surface area contributed by atoms with Crippen molar-refractivity contribution in [3.8, 4) is 0 Å². The number of anilines is 1. The number of alkyl halides is 1. The topological polar surface area (TPSA) is 218 Å². The largest absolute Gasteiger partial charge is 0.481 e. The second kappa shape index (κ2) is 16.9. The van der Waals surface area contributed by atoms with Crippen molar-refractivity contribution in [3.63, 3.8) is 0 Å². The summed E-state index contributed by atoms with van der Waals surface area (Å²) in [5.74, 6) is -3.49. The molecule has 1 aromatic heterocycles. The van der Waals surface area contributed by atoms with Gasteiger partial charge in [-0.1, -0.05) is 65.2 Å². The number of carboxylic acid groups (broad SMARTS) is 1. The molecule has 6 N–H and O–H groups in total. The van der Waals surface area contributed by atoms with Gasteiger partial charge in [-0.25, -0.2) is 0 Å². The molecule has 1 aromatic carbocycles. The minimum Gasteiger partial charge on any atom is -0.481 e. The van der Waals surface area contributed by atoms with E-state index in [1.54, 1.807) is 36.4 Å². The van der Waals surface area contributed by atoms with Crippen LogP contribution in [-0.4, -0.2) is 92.9 Å². The molecule has 17 heteroatoms. The molecule has 1 saturated heterocycles. The minimum atomic E-state index is -1.49. The summed E-state index contributed by atoms with van der Waals surface area (Å²) in [7, 11) is 0. The van der Waals surface area contributed by atoms with Crippen LogP contribution in [0, 0.1) is 28.6 Å². The van der Waals surface area contributed by atoms with Crippen LogP contribution in [0.5, 0.6) is 0 Å². The Kier molecular flexibility index (Phi) is 12.4. The smallest absolute Gasteiger partial charge is 0.303 e. The summed E-state index contributed by atoms with van der Waals surface area (Å²) in [5, 5.41) is 39.0. The molecule has 1 aliphatic heterocycles. The lowest BCUT2D eigenvalue weighted by Crippen LogP contribution is -2.63. The van der Waals surface area contributed by atoms with Crippen LogP contribution in [-0.2, 0) is 44.7 Å². The van der Waals surface area contributed by atoms with Gasteiger partial charge in [0.25, 0.3) is 0 Å². The predicted molar refractivity (Wildman–Crippen MR) is 220 cm³/mol. The number of fused-ring (bicyclic) bond motifs is 7. The number of ether oxygens (including phenoxy) is 2. The highest BCUT2D eigenvalue weighted by Crippen LogP contribution is 2.70. The molecule has 0 spiro atoms. The molecule has 3 amide bonds. The van der Waals surface area contributed by atoms with Crippen molar-refractivity contribution < 1.29 is 53.6 Å². The number of allylic oxidation sites excluding steroid dienone is 4. The van der Waals surface area contributed by atoms with E-state index in [4.69, 9.17) is 26.2 Å². The number of hydrogen-bond acceptors (Lipinski definition) is 11. The van der Waals surface area contributed by atoms with E-state index in [0.717, 1.165) is 23.1 Å². The molecule has 316 valence electrons. The monoisotopic (exact) mass is 915 g/mol. The van der Waals surface area contributed by atoms with Crippen LogP contribution in [0.25, 0.3) is 0 Å². The third kappa shape index (κ3) is 7.97. The van der Waals surface area contributed by atoms with Crippen LogP contribution >= 0.6 is 38.9 Å². The van der Waals surface area contributed by atoms with Gasteiger partial charge in [-0.15, -0.1) is 11.3 Å². The van der Waals surface area contributed by atoms with E-state index in [1.165, 1.54) is 11.3 Å². The zero-order chi connectivity index (χ0) is 42.4. The second-order valence-corrected chi connectivity index (χ2v) is 18.9. The Balaban J connectivity index is 1.03. The first kappa shape index (κ1) is 43.3.